The van der Waals surface area contributed by atoms with E-state index in [0.717, 1.165) is 19.3 Å². The molecule has 0 aromatic rings. The average molecular weight is 243 g/mol. The van der Waals surface area contributed by atoms with E-state index < -0.39 is 12.1 Å². The van der Waals surface area contributed by atoms with Crippen LogP contribution in [0.5, 0.6) is 0 Å². The molecule has 0 rings (SSSR count). The molecule has 1 atom stereocenters. The highest BCUT2D eigenvalue weighted by Crippen LogP contribution is 2.12. The number of carboxylic acid groups (broad SMARTS) is 1. The van der Waals surface area contributed by atoms with Gasteiger partial charge in [-0.1, -0.05) is 71.1 Å². The lowest BCUT2D eigenvalue weighted by molar-refractivity contribution is -0.150. The van der Waals surface area contributed by atoms with Gasteiger partial charge in [-0.2, -0.15) is 0 Å². The van der Waals surface area contributed by atoms with Crippen LogP contribution in [0.1, 0.15) is 77.6 Å². The van der Waals surface area contributed by atoms with Crippen molar-refractivity contribution in [3.63, 3.8) is 0 Å². The van der Waals surface area contributed by atoms with Crippen LogP contribution in [-0.2, 0) is 9.90 Å². The van der Waals surface area contributed by atoms with E-state index in [9.17, 15) is 9.90 Å². The number of rotatable bonds is 12. The second kappa shape index (κ2) is 11.9. The van der Waals surface area contributed by atoms with E-state index in [1.807, 2.05) is 0 Å². The van der Waals surface area contributed by atoms with Crippen LogP contribution in [0.3, 0.4) is 0 Å². The molecule has 3 nitrogen and oxygen atoms in total. The molecule has 0 saturated carbocycles. The Hall–Kier alpha value is -0.570. The van der Waals surface area contributed by atoms with Gasteiger partial charge in [-0.15, -0.1) is 0 Å². The zero-order valence-corrected chi connectivity index (χ0v) is 11.1. The summed E-state index contributed by atoms with van der Waals surface area (Å²) in [4.78, 5) is 10.3. The second-order valence-corrected chi connectivity index (χ2v) is 4.80. The Labute approximate surface area is 105 Å². The fraction of sp³-hybridized carbons (Fsp3) is 0.929. The molecule has 1 unspecified atom stereocenters. The predicted octanol–water partition coefficient (Wildman–Crippen LogP) is 4.18. The van der Waals surface area contributed by atoms with Crippen molar-refractivity contribution in [3.8, 4) is 0 Å². The summed E-state index contributed by atoms with van der Waals surface area (Å²) in [5, 5.41) is 19.3. The maximum absolute atomic E-state index is 10.9. The maximum atomic E-state index is 10.9. The smallest absolute Gasteiger partial charge is 0.336 e. The van der Waals surface area contributed by atoms with Crippen LogP contribution in [0.15, 0.2) is 0 Å². The first kappa shape index (κ1) is 16.4. The Morgan fingerprint density at radius 2 is 1.29 bits per heavy atom. The van der Waals surface area contributed by atoms with E-state index in [1.54, 1.807) is 0 Å². The van der Waals surface area contributed by atoms with Crippen LogP contribution in [0.25, 0.3) is 0 Å². The van der Waals surface area contributed by atoms with E-state index in [0.29, 0.717) is 0 Å². The highest BCUT2D eigenvalue weighted by Gasteiger charge is 2.13. The summed E-state index contributed by atoms with van der Waals surface area (Å²) in [6.07, 6.45) is 10.9. The van der Waals surface area contributed by atoms with Crippen molar-refractivity contribution in [2.45, 2.75) is 83.7 Å². The van der Waals surface area contributed by atoms with Crippen molar-refractivity contribution in [2.75, 3.05) is 0 Å². The first-order valence-corrected chi connectivity index (χ1v) is 7.07. The lowest BCUT2D eigenvalue weighted by Crippen LogP contribution is -2.17. The Bertz CT molecular complexity index is 180. The van der Waals surface area contributed by atoms with E-state index in [-0.39, 0.29) is 6.42 Å². The molecule has 1 N–H and O–H groups in total. The number of hydrogen-bond acceptors (Lipinski definition) is 1. The van der Waals surface area contributed by atoms with Gasteiger partial charge < -0.3 is 5.11 Å². The van der Waals surface area contributed by atoms with Crippen molar-refractivity contribution in [2.24, 2.45) is 0 Å². The molecule has 0 amide bonds. The van der Waals surface area contributed by atoms with Gasteiger partial charge in [0.05, 0.1) is 0 Å². The molecular weight excluding hydrogens is 216 g/mol. The molecule has 0 heterocycles. The van der Waals surface area contributed by atoms with Crippen molar-refractivity contribution in [1.29, 1.82) is 0 Å². The van der Waals surface area contributed by atoms with Gasteiger partial charge in [-0.25, -0.2) is 9.90 Å². The first-order valence-electron chi connectivity index (χ1n) is 7.07. The Kier molecular flexibility index (Phi) is 11.5. The van der Waals surface area contributed by atoms with Gasteiger partial charge in [0.1, 0.15) is 0 Å². The van der Waals surface area contributed by atoms with Gasteiger partial charge in [0.15, 0.2) is 6.10 Å². The fourth-order valence-electron chi connectivity index (χ4n) is 1.94. The molecule has 0 aromatic carbocycles. The van der Waals surface area contributed by atoms with Crippen LogP contribution in [-0.4, -0.2) is 17.2 Å². The first-order chi connectivity index (χ1) is 8.18. The molecule has 1 radical (unpaired) electrons. The molecule has 17 heavy (non-hydrogen) atoms. The molecule has 0 bridgehead atoms. The highest BCUT2D eigenvalue weighted by atomic mass is 16.4. The second-order valence-electron chi connectivity index (χ2n) is 4.80. The van der Waals surface area contributed by atoms with Gasteiger partial charge in [0, 0.05) is 0 Å². The molecule has 0 aliphatic rings. The molecule has 0 aliphatic heterocycles. The standard InChI is InChI=1S/C14H27O3/c1-2-3-4-5-6-7-8-9-10-11-12-13(15)14(16)17/h13H,2-12H2,1H3,(H,16,17). The van der Waals surface area contributed by atoms with Crippen LogP contribution in [0.4, 0.5) is 0 Å². The molecule has 0 saturated heterocycles. The molecule has 3 heteroatoms. The Morgan fingerprint density at radius 3 is 1.71 bits per heavy atom. The number of unbranched alkanes of at least 4 members (excludes halogenated alkanes) is 9. The third kappa shape index (κ3) is 11.7. The van der Waals surface area contributed by atoms with E-state index in [4.69, 9.17) is 5.11 Å². The minimum Gasteiger partial charge on any atom is -0.479 e. The zero-order chi connectivity index (χ0) is 12.9. The number of carboxylic acids is 1. The normalized spacial score (nSPS) is 12.6. The summed E-state index contributed by atoms with van der Waals surface area (Å²) < 4.78 is 0. The fourth-order valence-corrected chi connectivity index (χ4v) is 1.94. The van der Waals surface area contributed by atoms with Crippen LogP contribution >= 0.6 is 0 Å². The molecule has 101 valence electrons. The Balaban J connectivity index is 3.06. The summed E-state index contributed by atoms with van der Waals surface area (Å²) in [5.74, 6) is -1.21. The third-order valence-electron chi connectivity index (χ3n) is 3.10. The van der Waals surface area contributed by atoms with E-state index in [1.165, 1.54) is 44.9 Å². The number of carbonyl (C=O) groups is 1. The quantitative estimate of drug-likeness (QED) is 0.523. The lowest BCUT2D eigenvalue weighted by atomic mass is 10.0. The van der Waals surface area contributed by atoms with Crippen LogP contribution in [0, 0.1) is 0 Å². The van der Waals surface area contributed by atoms with Crippen LogP contribution < -0.4 is 0 Å². The Morgan fingerprint density at radius 1 is 0.882 bits per heavy atom. The molecule has 0 spiro atoms. The minimum atomic E-state index is -1.41. The van der Waals surface area contributed by atoms with E-state index >= 15 is 0 Å². The SMILES string of the molecule is CCCCCCCCCCCCC([O])C(=O)O. The van der Waals surface area contributed by atoms with E-state index in [2.05, 4.69) is 6.92 Å². The average Bonchev–Trinajstić information content (AvgIpc) is 2.31. The van der Waals surface area contributed by atoms with Gasteiger partial charge in [-0.05, 0) is 6.42 Å². The summed E-state index contributed by atoms with van der Waals surface area (Å²) in [5.41, 5.74) is 0. The summed E-state index contributed by atoms with van der Waals surface area (Å²) in [6, 6.07) is 0. The molecule has 0 fully saturated rings. The van der Waals surface area contributed by atoms with Gasteiger partial charge >= 0.3 is 5.97 Å². The summed E-state index contributed by atoms with van der Waals surface area (Å²) >= 11 is 0. The molecule has 0 aromatic heterocycles. The largest absolute Gasteiger partial charge is 0.479 e. The highest BCUT2D eigenvalue weighted by molar-refractivity contribution is 5.71. The minimum absolute atomic E-state index is 0.284. The molecule has 0 aliphatic carbocycles. The zero-order valence-electron chi connectivity index (χ0n) is 11.1. The lowest BCUT2D eigenvalue weighted by Gasteiger charge is -2.03. The molecular formula is C14H27O3. The summed E-state index contributed by atoms with van der Waals surface area (Å²) in [7, 11) is 0. The summed E-state index contributed by atoms with van der Waals surface area (Å²) in [6.45, 7) is 2.22. The van der Waals surface area contributed by atoms with Crippen molar-refractivity contribution >= 4 is 5.97 Å². The van der Waals surface area contributed by atoms with Crippen molar-refractivity contribution in [3.05, 3.63) is 0 Å². The van der Waals surface area contributed by atoms with Crippen LogP contribution in [0.2, 0.25) is 0 Å². The predicted molar refractivity (Wildman–Crippen MR) is 68.6 cm³/mol. The van der Waals surface area contributed by atoms with Crippen molar-refractivity contribution < 1.29 is 15.0 Å². The van der Waals surface area contributed by atoms with Crippen molar-refractivity contribution in [1.82, 2.24) is 0 Å². The topological polar surface area (TPSA) is 57.2 Å². The van der Waals surface area contributed by atoms with Gasteiger partial charge in [-0.3, -0.25) is 0 Å². The number of aliphatic carboxylic acids is 1. The monoisotopic (exact) mass is 243 g/mol. The van der Waals surface area contributed by atoms with Gasteiger partial charge in [0.2, 0.25) is 0 Å². The third-order valence-corrected chi connectivity index (χ3v) is 3.10. The maximum Gasteiger partial charge on any atom is 0.336 e. The van der Waals surface area contributed by atoms with Gasteiger partial charge in [0.25, 0.3) is 0 Å². The number of hydrogen-bond donors (Lipinski definition) is 1.